The first-order chi connectivity index (χ1) is 7.54. The summed E-state index contributed by atoms with van der Waals surface area (Å²) in [4.78, 5) is 22.5. The number of carbonyl (C=O) groups is 2. The van der Waals surface area contributed by atoms with Crippen molar-refractivity contribution in [2.75, 3.05) is 0 Å². The molecule has 0 saturated heterocycles. The van der Waals surface area contributed by atoms with E-state index in [0.717, 1.165) is 0 Å². The summed E-state index contributed by atoms with van der Waals surface area (Å²) in [5, 5.41) is 0.676. The molecule has 2 amide bonds. The van der Waals surface area contributed by atoms with E-state index in [1.165, 1.54) is 12.1 Å². The molecule has 2 N–H and O–H groups in total. The lowest BCUT2D eigenvalue weighted by atomic mass is 10.2. The van der Waals surface area contributed by atoms with E-state index in [0.29, 0.717) is 5.02 Å². The molecule has 0 spiro atoms. The first-order valence-electron chi connectivity index (χ1n) is 4.58. The summed E-state index contributed by atoms with van der Waals surface area (Å²) in [6.45, 7) is 1.68. The molecule has 0 fully saturated rings. The molecule has 0 unspecified atom stereocenters. The number of carbonyl (C=O) groups excluding carboxylic acids is 2. The fourth-order valence-electron chi connectivity index (χ4n) is 0.956. The van der Waals surface area contributed by atoms with Crippen LogP contribution in [0.15, 0.2) is 18.2 Å². The van der Waals surface area contributed by atoms with Gasteiger partial charge >= 0.3 is 0 Å². The molecule has 0 aliphatic carbocycles. The van der Waals surface area contributed by atoms with E-state index in [9.17, 15) is 9.59 Å². The van der Waals surface area contributed by atoms with Gasteiger partial charge < -0.3 is 0 Å². The lowest BCUT2D eigenvalue weighted by molar-refractivity contribution is -0.121. The van der Waals surface area contributed by atoms with Gasteiger partial charge in [0.1, 0.15) is 0 Å². The van der Waals surface area contributed by atoms with E-state index in [1.807, 2.05) is 0 Å². The van der Waals surface area contributed by atoms with Gasteiger partial charge in [-0.05, 0) is 18.2 Å². The summed E-state index contributed by atoms with van der Waals surface area (Å²) in [5.74, 6) is -0.762. The van der Waals surface area contributed by atoms with Gasteiger partial charge in [-0.15, -0.1) is 0 Å². The number of benzene rings is 1. The number of nitrogens with one attached hydrogen (secondary N) is 2. The maximum absolute atomic E-state index is 11.5. The van der Waals surface area contributed by atoms with Crippen molar-refractivity contribution in [2.24, 2.45) is 0 Å². The SMILES string of the molecule is CCC(=O)NNC(=O)c1ccc(Cl)cc1Cl. The predicted molar refractivity (Wildman–Crippen MR) is 62.4 cm³/mol. The first kappa shape index (κ1) is 12.8. The van der Waals surface area contributed by atoms with Crippen molar-refractivity contribution in [3.05, 3.63) is 33.8 Å². The zero-order chi connectivity index (χ0) is 12.1. The third-order valence-corrected chi connectivity index (χ3v) is 2.36. The van der Waals surface area contributed by atoms with E-state index >= 15 is 0 Å². The zero-order valence-electron chi connectivity index (χ0n) is 8.51. The van der Waals surface area contributed by atoms with Crippen molar-refractivity contribution < 1.29 is 9.59 Å². The number of amides is 2. The second-order valence-electron chi connectivity index (χ2n) is 2.98. The monoisotopic (exact) mass is 260 g/mol. The molecule has 4 nitrogen and oxygen atoms in total. The molecule has 0 heterocycles. The Balaban J connectivity index is 2.70. The highest BCUT2D eigenvalue weighted by Gasteiger charge is 2.10. The predicted octanol–water partition coefficient (Wildman–Crippen LogP) is 2.16. The summed E-state index contributed by atoms with van der Waals surface area (Å²) in [7, 11) is 0. The summed E-state index contributed by atoms with van der Waals surface area (Å²) < 4.78 is 0. The van der Waals surface area contributed by atoms with Crippen LogP contribution in [-0.4, -0.2) is 11.8 Å². The van der Waals surface area contributed by atoms with Crippen LogP contribution >= 0.6 is 23.2 Å². The molecule has 1 rings (SSSR count). The largest absolute Gasteiger partial charge is 0.273 e. The van der Waals surface area contributed by atoms with Crippen LogP contribution in [0.5, 0.6) is 0 Å². The molecule has 1 aromatic rings. The van der Waals surface area contributed by atoms with Crippen LogP contribution in [-0.2, 0) is 4.79 Å². The Bertz CT molecular complexity index is 421. The van der Waals surface area contributed by atoms with E-state index in [-0.39, 0.29) is 22.9 Å². The smallest absolute Gasteiger partial charge is 0.271 e. The van der Waals surface area contributed by atoms with Gasteiger partial charge in [0.25, 0.3) is 5.91 Å². The van der Waals surface area contributed by atoms with Crippen molar-refractivity contribution in [1.82, 2.24) is 10.9 Å². The van der Waals surface area contributed by atoms with Crippen molar-refractivity contribution in [3.63, 3.8) is 0 Å². The lowest BCUT2D eigenvalue weighted by Crippen LogP contribution is -2.41. The van der Waals surface area contributed by atoms with Crippen LogP contribution in [0.3, 0.4) is 0 Å². The Hall–Kier alpha value is -1.26. The van der Waals surface area contributed by atoms with Gasteiger partial charge in [0, 0.05) is 11.4 Å². The molecular formula is C10H10Cl2N2O2. The molecular weight excluding hydrogens is 251 g/mol. The number of rotatable bonds is 2. The van der Waals surface area contributed by atoms with E-state index in [1.54, 1.807) is 13.0 Å². The van der Waals surface area contributed by atoms with Gasteiger partial charge in [-0.1, -0.05) is 30.1 Å². The highest BCUT2D eigenvalue weighted by Crippen LogP contribution is 2.20. The topological polar surface area (TPSA) is 58.2 Å². The van der Waals surface area contributed by atoms with Crippen LogP contribution in [0.25, 0.3) is 0 Å². The maximum atomic E-state index is 11.5. The molecule has 0 radical (unpaired) electrons. The standard InChI is InChI=1S/C10H10Cl2N2O2/c1-2-9(15)13-14-10(16)7-4-3-6(11)5-8(7)12/h3-5H,2H2,1H3,(H,13,15)(H,14,16). The summed E-state index contributed by atoms with van der Waals surface area (Å²) in [6.07, 6.45) is 0.286. The minimum atomic E-state index is -0.483. The third-order valence-electron chi connectivity index (χ3n) is 1.81. The number of hydrogen-bond acceptors (Lipinski definition) is 2. The molecule has 16 heavy (non-hydrogen) atoms. The number of hydrogen-bond donors (Lipinski definition) is 2. The Morgan fingerprint density at radius 2 is 1.94 bits per heavy atom. The van der Waals surface area contributed by atoms with Gasteiger partial charge in [0.2, 0.25) is 5.91 Å². The summed E-state index contributed by atoms with van der Waals surface area (Å²) >= 11 is 11.5. The minimum Gasteiger partial charge on any atom is -0.273 e. The normalized spacial score (nSPS) is 9.69. The molecule has 86 valence electrons. The average molecular weight is 261 g/mol. The van der Waals surface area contributed by atoms with Crippen molar-refractivity contribution in [2.45, 2.75) is 13.3 Å². The fourth-order valence-corrected chi connectivity index (χ4v) is 1.45. The van der Waals surface area contributed by atoms with Crippen molar-refractivity contribution in [1.29, 1.82) is 0 Å². The van der Waals surface area contributed by atoms with Crippen LogP contribution in [0.2, 0.25) is 10.0 Å². The molecule has 0 atom stereocenters. The van der Waals surface area contributed by atoms with Crippen LogP contribution < -0.4 is 10.9 Å². The second kappa shape index (κ2) is 5.72. The second-order valence-corrected chi connectivity index (χ2v) is 3.82. The Kier molecular flexibility index (Phi) is 4.58. The maximum Gasteiger partial charge on any atom is 0.271 e. The van der Waals surface area contributed by atoms with Crippen molar-refractivity contribution >= 4 is 35.0 Å². The average Bonchev–Trinajstić information content (AvgIpc) is 2.25. The minimum absolute atomic E-state index is 0.232. The Morgan fingerprint density at radius 3 is 2.50 bits per heavy atom. The van der Waals surface area contributed by atoms with Crippen LogP contribution in [0.4, 0.5) is 0 Å². The molecule has 0 aliphatic heterocycles. The zero-order valence-corrected chi connectivity index (χ0v) is 10.0. The molecule has 0 saturated carbocycles. The molecule has 6 heteroatoms. The van der Waals surface area contributed by atoms with E-state index in [2.05, 4.69) is 10.9 Å². The highest BCUT2D eigenvalue weighted by molar-refractivity contribution is 6.36. The van der Waals surface area contributed by atoms with Crippen LogP contribution in [0, 0.1) is 0 Å². The first-order valence-corrected chi connectivity index (χ1v) is 5.34. The number of halogens is 2. The molecule has 0 aromatic heterocycles. The van der Waals surface area contributed by atoms with Gasteiger partial charge in [-0.3, -0.25) is 20.4 Å². The fraction of sp³-hybridized carbons (Fsp3) is 0.200. The van der Waals surface area contributed by atoms with E-state index in [4.69, 9.17) is 23.2 Å². The van der Waals surface area contributed by atoms with Crippen molar-refractivity contribution in [3.8, 4) is 0 Å². The van der Waals surface area contributed by atoms with Gasteiger partial charge in [-0.25, -0.2) is 0 Å². The van der Waals surface area contributed by atoms with E-state index < -0.39 is 5.91 Å². The Morgan fingerprint density at radius 1 is 1.25 bits per heavy atom. The Labute approximate surface area is 103 Å². The molecule has 1 aromatic carbocycles. The highest BCUT2D eigenvalue weighted by atomic mass is 35.5. The van der Waals surface area contributed by atoms with Crippen LogP contribution in [0.1, 0.15) is 23.7 Å². The number of hydrazine groups is 1. The molecule has 0 aliphatic rings. The third kappa shape index (κ3) is 3.40. The van der Waals surface area contributed by atoms with Gasteiger partial charge in [0.15, 0.2) is 0 Å². The summed E-state index contributed by atoms with van der Waals surface area (Å²) in [6, 6.07) is 4.49. The lowest BCUT2D eigenvalue weighted by Gasteiger charge is -2.07. The van der Waals surface area contributed by atoms with Gasteiger partial charge in [0.05, 0.1) is 10.6 Å². The summed E-state index contributed by atoms with van der Waals surface area (Å²) in [5.41, 5.74) is 4.74. The molecule has 0 bridgehead atoms. The van der Waals surface area contributed by atoms with Gasteiger partial charge in [-0.2, -0.15) is 0 Å². The quantitative estimate of drug-likeness (QED) is 0.801.